The lowest BCUT2D eigenvalue weighted by Crippen LogP contribution is -2.42. The van der Waals surface area contributed by atoms with Gasteiger partial charge in [0.25, 0.3) is 5.91 Å². The zero-order chi connectivity index (χ0) is 23.5. The average Bonchev–Trinajstić information content (AvgIpc) is 3.18. The molecule has 7 heteroatoms. The SMILES string of the molecule is CCCC(Oc1c(-c2cccc3c2CNC3=O)ccc(OC)c1OC)C(C)(C)C(=O)OC. The number of carbonyl (C=O) groups excluding carboxylic acids is 2. The molecule has 0 saturated carbocycles. The zero-order valence-electron chi connectivity index (χ0n) is 19.5. The predicted octanol–water partition coefficient (Wildman–Crippen LogP) is 4.36. The summed E-state index contributed by atoms with van der Waals surface area (Å²) in [5, 5.41) is 2.88. The van der Waals surface area contributed by atoms with E-state index in [4.69, 9.17) is 18.9 Å². The van der Waals surface area contributed by atoms with Crippen LogP contribution in [-0.2, 0) is 16.1 Å². The molecule has 0 spiro atoms. The first-order chi connectivity index (χ1) is 15.3. The standard InChI is InChI=1S/C25H31NO6/c1-7-9-20(25(2,3)24(28)31-6)32-21-16(12-13-19(29-4)22(21)30-5)15-10-8-11-17-18(15)14-26-23(17)27/h8,10-13,20H,7,9,14H2,1-6H3,(H,26,27). The fraction of sp³-hybridized carbons (Fsp3) is 0.440. The fourth-order valence-electron chi connectivity index (χ4n) is 4.10. The number of esters is 1. The number of ether oxygens (including phenoxy) is 4. The normalized spacial score (nSPS) is 13.8. The highest BCUT2D eigenvalue weighted by molar-refractivity contribution is 6.01. The van der Waals surface area contributed by atoms with Crippen molar-refractivity contribution in [1.29, 1.82) is 0 Å². The number of amides is 1. The Morgan fingerprint density at radius 3 is 2.38 bits per heavy atom. The van der Waals surface area contributed by atoms with Gasteiger partial charge in [-0.15, -0.1) is 0 Å². The Bertz CT molecular complexity index is 1010. The molecule has 0 aliphatic carbocycles. The van der Waals surface area contributed by atoms with E-state index < -0.39 is 11.5 Å². The minimum Gasteiger partial charge on any atom is -0.493 e. The summed E-state index contributed by atoms with van der Waals surface area (Å²) in [5.41, 5.74) is 2.27. The van der Waals surface area contributed by atoms with E-state index in [2.05, 4.69) is 5.32 Å². The van der Waals surface area contributed by atoms with Crippen LogP contribution in [0, 0.1) is 5.41 Å². The number of hydrogen-bond donors (Lipinski definition) is 1. The van der Waals surface area contributed by atoms with Crippen LogP contribution in [-0.4, -0.2) is 39.3 Å². The minimum absolute atomic E-state index is 0.0968. The molecule has 1 atom stereocenters. The molecule has 2 aromatic carbocycles. The molecule has 2 aromatic rings. The predicted molar refractivity (Wildman–Crippen MR) is 121 cm³/mol. The van der Waals surface area contributed by atoms with Crippen molar-refractivity contribution in [2.45, 2.75) is 46.3 Å². The van der Waals surface area contributed by atoms with E-state index >= 15 is 0 Å². The van der Waals surface area contributed by atoms with Crippen molar-refractivity contribution in [3.05, 3.63) is 41.5 Å². The highest BCUT2D eigenvalue weighted by Gasteiger charge is 2.40. The average molecular weight is 442 g/mol. The maximum atomic E-state index is 12.6. The van der Waals surface area contributed by atoms with E-state index in [1.807, 2.05) is 51.1 Å². The van der Waals surface area contributed by atoms with Crippen LogP contribution in [0.15, 0.2) is 30.3 Å². The van der Waals surface area contributed by atoms with E-state index in [-0.39, 0.29) is 11.9 Å². The van der Waals surface area contributed by atoms with Crippen LogP contribution in [0.25, 0.3) is 11.1 Å². The molecule has 0 aromatic heterocycles. The van der Waals surface area contributed by atoms with Crippen molar-refractivity contribution >= 4 is 11.9 Å². The van der Waals surface area contributed by atoms with Gasteiger partial charge < -0.3 is 24.3 Å². The number of hydrogen-bond acceptors (Lipinski definition) is 6. The van der Waals surface area contributed by atoms with Gasteiger partial charge in [-0.3, -0.25) is 9.59 Å². The molecular formula is C25H31NO6. The number of rotatable bonds is 9. The third kappa shape index (κ3) is 4.11. The summed E-state index contributed by atoms with van der Waals surface area (Å²) in [6, 6.07) is 9.31. The summed E-state index contributed by atoms with van der Waals surface area (Å²) in [7, 11) is 4.49. The van der Waals surface area contributed by atoms with E-state index in [0.717, 1.165) is 23.1 Å². The quantitative estimate of drug-likeness (QED) is 0.582. The molecule has 1 aliphatic heterocycles. The van der Waals surface area contributed by atoms with Gasteiger partial charge in [-0.05, 0) is 49.6 Å². The van der Waals surface area contributed by atoms with Crippen molar-refractivity contribution in [3.63, 3.8) is 0 Å². The third-order valence-corrected chi connectivity index (χ3v) is 5.96. The van der Waals surface area contributed by atoms with Crippen molar-refractivity contribution in [1.82, 2.24) is 5.32 Å². The van der Waals surface area contributed by atoms with Gasteiger partial charge in [-0.25, -0.2) is 0 Å². The third-order valence-electron chi connectivity index (χ3n) is 5.96. The monoisotopic (exact) mass is 441 g/mol. The summed E-state index contributed by atoms with van der Waals surface area (Å²) in [6.45, 7) is 6.10. The molecule has 7 nitrogen and oxygen atoms in total. The largest absolute Gasteiger partial charge is 0.493 e. The number of methoxy groups -OCH3 is 3. The van der Waals surface area contributed by atoms with Gasteiger partial charge in [-0.1, -0.05) is 25.5 Å². The second-order valence-electron chi connectivity index (χ2n) is 8.30. The molecule has 0 saturated heterocycles. The second kappa shape index (κ2) is 9.51. The van der Waals surface area contributed by atoms with Crippen LogP contribution in [0.5, 0.6) is 17.2 Å². The first-order valence-electron chi connectivity index (χ1n) is 10.7. The van der Waals surface area contributed by atoms with Crippen LogP contribution >= 0.6 is 0 Å². The molecule has 1 unspecified atom stereocenters. The highest BCUT2D eigenvalue weighted by Crippen LogP contribution is 2.47. The summed E-state index contributed by atoms with van der Waals surface area (Å²) < 4.78 is 22.8. The molecule has 1 amide bonds. The Labute approximate surface area is 189 Å². The van der Waals surface area contributed by atoms with Crippen LogP contribution < -0.4 is 19.5 Å². The molecular weight excluding hydrogens is 410 g/mol. The highest BCUT2D eigenvalue weighted by atomic mass is 16.5. The molecule has 1 aliphatic rings. The molecule has 0 fully saturated rings. The smallest absolute Gasteiger partial charge is 0.315 e. The van der Waals surface area contributed by atoms with Gasteiger partial charge >= 0.3 is 5.97 Å². The van der Waals surface area contributed by atoms with E-state index in [0.29, 0.717) is 35.8 Å². The van der Waals surface area contributed by atoms with Gasteiger partial charge in [0.05, 0.1) is 26.7 Å². The Hall–Kier alpha value is -3.22. The van der Waals surface area contributed by atoms with Crippen LogP contribution in [0.4, 0.5) is 0 Å². The lowest BCUT2D eigenvalue weighted by Gasteiger charge is -2.33. The Morgan fingerprint density at radius 2 is 1.75 bits per heavy atom. The lowest BCUT2D eigenvalue weighted by atomic mass is 9.84. The minimum atomic E-state index is -0.897. The fourth-order valence-corrected chi connectivity index (χ4v) is 4.10. The number of fused-ring (bicyclic) bond motifs is 1. The summed E-state index contributed by atoms with van der Waals surface area (Å²) >= 11 is 0. The van der Waals surface area contributed by atoms with Crippen LogP contribution in [0.3, 0.4) is 0 Å². The van der Waals surface area contributed by atoms with Crippen molar-refractivity contribution in [3.8, 4) is 28.4 Å². The molecule has 0 radical (unpaired) electrons. The molecule has 1 heterocycles. The molecule has 3 rings (SSSR count). The second-order valence-corrected chi connectivity index (χ2v) is 8.30. The Kier molecular flexibility index (Phi) is 6.96. The molecule has 0 bridgehead atoms. The first kappa shape index (κ1) is 23.4. The maximum Gasteiger partial charge on any atom is 0.315 e. The number of carbonyl (C=O) groups is 2. The summed E-state index contributed by atoms with van der Waals surface area (Å²) in [4.78, 5) is 24.8. The van der Waals surface area contributed by atoms with Gasteiger partial charge in [-0.2, -0.15) is 0 Å². The summed E-state index contributed by atoms with van der Waals surface area (Å²) in [6.07, 6.45) is 0.969. The maximum absolute atomic E-state index is 12.6. The summed E-state index contributed by atoms with van der Waals surface area (Å²) in [5.74, 6) is 0.964. The molecule has 32 heavy (non-hydrogen) atoms. The number of nitrogens with one attached hydrogen (secondary N) is 1. The Balaban J connectivity index is 2.20. The topological polar surface area (TPSA) is 83.1 Å². The first-order valence-corrected chi connectivity index (χ1v) is 10.7. The van der Waals surface area contributed by atoms with E-state index in [1.165, 1.54) is 7.11 Å². The zero-order valence-corrected chi connectivity index (χ0v) is 19.5. The van der Waals surface area contributed by atoms with Gasteiger partial charge in [0.1, 0.15) is 6.10 Å². The van der Waals surface area contributed by atoms with Gasteiger partial charge in [0.2, 0.25) is 5.75 Å². The Morgan fingerprint density at radius 1 is 1.03 bits per heavy atom. The van der Waals surface area contributed by atoms with Gasteiger partial charge in [0, 0.05) is 17.7 Å². The van der Waals surface area contributed by atoms with Crippen LogP contribution in [0.2, 0.25) is 0 Å². The van der Waals surface area contributed by atoms with Crippen molar-refractivity contribution in [2.24, 2.45) is 5.41 Å². The van der Waals surface area contributed by atoms with Crippen LogP contribution in [0.1, 0.15) is 49.5 Å². The lowest BCUT2D eigenvalue weighted by molar-refractivity contribution is -0.156. The van der Waals surface area contributed by atoms with Gasteiger partial charge in [0.15, 0.2) is 11.5 Å². The molecule has 172 valence electrons. The van der Waals surface area contributed by atoms with E-state index in [1.54, 1.807) is 14.2 Å². The number of benzene rings is 2. The molecule has 1 N–H and O–H groups in total. The van der Waals surface area contributed by atoms with Crippen molar-refractivity contribution < 1.29 is 28.5 Å². The van der Waals surface area contributed by atoms with E-state index in [9.17, 15) is 9.59 Å². The van der Waals surface area contributed by atoms with Crippen molar-refractivity contribution in [2.75, 3.05) is 21.3 Å².